The van der Waals surface area contributed by atoms with Gasteiger partial charge in [-0.2, -0.15) is 17.5 Å². The Morgan fingerprint density at radius 1 is 1.12 bits per heavy atom. The molecule has 0 saturated carbocycles. The molecule has 2 atom stereocenters. The summed E-state index contributed by atoms with van der Waals surface area (Å²) in [7, 11) is -7.63. The number of aliphatic hydroxyl groups is 1. The van der Waals surface area contributed by atoms with Crippen LogP contribution in [0.3, 0.4) is 0 Å². The molecule has 220 valence electrons. The van der Waals surface area contributed by atoms with Crippen LogP contribution in [0.25, 0.3) is 0 Å². The van der Waals surface area contributed by atoms with E-state index >= 15 is 0 Å². The third-order valence-corrected chi connectivity index (χ3v) is 9.97. The lowest BCUT2D eigenvalue weighted by atomic mass is 9.88. The molecule has 2 aliphatic rings. The average molecular weight is 607 g/mol. The lowest BCUT2D eigenvalue weighted by Crippen LogP contribution is -2.47. The topological polar surface area (TPSA) is 139 Å². The Kier molecular flexibility index (Phi) is 8.64. The minimum Gasteiger partial charge on any atom is -0.457 e. The van der Waals surface area contributed by atoms with Crippen LogP contribution < -0.4 is 10.1 Å². The molecule has 2 aromatic carbocycles. The van der Waals surface area contributed by atoms with E-state index in [-0.39, 0.29) is 42.9 Å². The van der Waals surface area contributed by atoms with Crippen LogP contribution in [0.5, 0.6) is 5.75 Å². The van der Waals surface area contributed by atoms with Crippen molar-refractivity contribution in [2.24, 2.45) is 0 Å². The standard InChI is InChI=1S/C25H29F3N2O8S2/c1-39(33,34)20-6-3-5-19(13-20)38-23(32)22(31)15-29-18-14-24(37-16-18)8-10-30(11-9-24)40(35,36)21-7-2-4-17(12-21)25(26,27)28/h2-7,12-13,18,23,29,32H,8-11,14-16H2,1H3/t18-,23-/m0/s1. The van der Waals surface area contributed by atoms with Crippen molar-refractivity contribution < 1.29 is 49.4 Å². The number of halogens is 3. The number of Topliss-reactive ketones (excluding diaryl/α,β-unsaturated/α-hetero) is 1. The average Bonchev–Trinajstić information content (AvgIpc) is 3.28. The van der Waals surface area contributed by atoms with E-state index < -0.39 is 54.2 Å². The molecule has 2 aromatic rings. The predicted octanol–water partition coefficient (Wildman–Crippen LogP) is 1.98. The Labute approximate surface area is 230 Å². The monoisotopic (exact) mass is 606 g/mol. The largest absolute Gasteiger partial charge is 0.457 e. The number of hydrogen-bond acceptors (Lipinski definition) is 9. The number of aliphatic hydroxyl groups excluding tert-OH is 1. The maximum Gasteiger partial charge on any atom is 0.416 e. The molecule has 2 heterocycles. The van der Waals surface area contributed by atoms with Crippen LogP contribution in [0, 0.1) is 0 Å². The quantitative estimate of drug-likeness (QED) is 0.410. The van der Waals surface area contributed by atoms with Gasteiger partial charge < -0.3 is 19.9 Å². The number of nitrogens with zero attached hydrogens (tertiary/aromatic N) is 1. The van der Waals surface area contributed by atoms with Crippen LogP contribution in [0.2, 0.25) is 0 Å². The van der Waals surface area contributed by atoms with Crippen molar-refractivity contribution in [2.45, 2.75) is 53.2 Å². The first-order valence-corrected chi connectivity index (χ1v) is 15.6. The van der Waals surface area contributed by atoms with Crippen LogP contribution in [0.15, 0.2) is 58.3 Å². The lowest BCUT2D eigenvalue weighted by Gasteiger charge is -2.38. The summed E-state index contributed by atoms with van der Waals surface area (Å²) in [6.45, 7) is 0.0980. The normalized spacial score (nSPS) is 20.9. The van der Waals surface area contributed by atoms with E-state index in [0.29, 0.717) is 25.3 Å². The number of ketones is 1. The van der Waals surface area contributed by atoms with Gasteiger partial charge in [0.05, 0.1) is 34.1 Å². The van der Waals surface area contributed by atoms with Crippen LogP contribution in [0.1, 0.15) is 24.8 Å². The van der Waals surface area contributed by atoms with Crippen molar-refractivity contribution in [1.82, 2.24) is 9.62 Å². The number of benzene rings is 2. The van der Waals surface area contributed by atoms with Crippen molar-refractivity contribution in [1.29, 1.82) is 0 Å². The molecule has 0 aromatic heterocycles. The van der Waals surface area contributed by atoms with Crippen LogP contribution in [-0.2, 0) is 35.6 Å². The molecule has 2 saturated heterocycles. The van der Waals surface area contributed by atoms with Gasteiger partial charge >= 0.3 is 6.18 Å². The minimum absolute atomic E-state index is 0.0128. The fourth-order valence-corrected chi connectivity index (χ4v) is 6.89. The van der Waals surface area contributed by atoms with E-state index in [1.54, 1.807) is 0 Å². The highest BCUT2D eigenvalue weighted by atomic mass is 32.2. The molecule has 0 radical (unpaired) electrons. The number of ether oxygens (including phenoxy) is 2. The Bertz CT molecular complexity index is 1460. The highest BCUT2D eigenvalue weighted by Gasteiger charge is 2.45. The summed E-state index contributed by atoms with van der Waals surface area (Å²) in [5, 5.41) is 13.1. The number of sulfone groups is 1. The van der Waals surface area contributed by atoms with Gasteiger partial charge in [-0.15, -0.1) is 0 Å². The van der Waals surface area contributed by atoms with Crippen molar-refractivity contribution >= 4 is 25.6 Å². The molecule has 40 heavy (non-hydrogen) atoms. The lowest BCUT2D eigenvalue weighted by molar-refractivity contribution is -0.140. The molecule has 15 heteroatoms. The Balaban J connectivity index is 1.28. The number of carbonyl (C=O) groups is 1. The third-order valence-electron chi connectivity index (χ3n) is 6.96. The second kappa shape index (κ2) is 11.4. The molecule has 0 aliphatic carbocycles. The van der Waals surface area contributed by atoms with Gasteiger partial charge in [0.2, 0.25) is 15.8 Å². The summed E-state index contributed by atoms with van der Waals surface area (Å²) in [6.07, 6.45) is -4.37. The van der Waals surface area contributed by atoms with Crippen molar-refractivity contribution in [2.75, 3.05) is 32.5 Å². The number of hydrogen-bond donors (Lipinski definition) is 2. The summed E-state index contributed by atoms with van der Waals surface area (Å²) >= 11 is 0. The molecule has 2 fully saturated rings. The van der Waals surface area contributed by atoms with E-state index in [4.69, 9.17) is 9.47 Å². The van der Waals surface area contributed by atoms with Gasteiger partial charge in [0.25, 0.3) is 6.29 Å². The van der Waals surface area contributed by atoms with E-state index in [0.717, 1.165) is 28.8 Å². The summed E-state index contributed by atoms with van der Waals surface area (Å²) < 4.78 is 101. The maximum atomic E-state index is 13.1. The predicted molar refractivity (Wildman–Crippen MR) is 136 cm³/mol. The van der Waals surface area contributed by atoms with Gasteiger partial charge in [0, 0.05) is 25.4 Å². The van der Waals surface area contributed by atoms with Crippen molar-refractivity contribution in [3.63, 3.8) is 0 Å². The smallest absolute Gasteiger partial charge is 0.416 e. The minimum atomic E-state index is -4.66. The summed E-state index contributed by atoms with van der Waals surface area (Å²) in [6, 6.07) is 8.77. The first-order chi connectivity index (χ1) is 18.6. The highest BCUT2D eigenvalue weighted by Crippen LogP contribution is 2.38. The molecule has 2 aliphatic heterocycles. The Morgan fingerprint density at radius 3 is 2.42 bits per heavy atom. The van der Waals surface area contributed by atoms with Gasteiger partial charge in [0.15, 0.2) is 9.84 Å². The molecular formula is C25H29F3N2O8S2. The van der Waals surface area contributed by atoms with E-state index in [1.165, 1.54) is 24.3 Å². The fourth-order valence-electron chi connectivity index (χ4n) is 4.74. The molecule has 0 bridgehead atoms. The van der Waals surface area contributed by atoms with Gasteiger partial charge in [-0.25, -0.2) is 16.8 Å². The van der Waals surface area contributed by atoms with Gasteiger partial charge in [-0.05, 0) is 55.7 Å². The van der Waals surface area contributed by atoms with Crippen LogP contribution in [-0.4, -0.2) is 82.5 Å². The van der Waals surface area contributed by atoms with Gasteiger partial charge in [-0.1, -0.05) is 12.1 Å². The second-order valence-corrected chi connectivity index (χ2v) is 13.8. The molecular weight excluding hydrogens is 577 g/mol. The van der Waals surface area contributed by atoms with Crippen LogP contribution >= 0.6 is 0 Å². The molecule has 0 unspecified atom stereocenters. The zero-order chi connectivity index (χ0) is 29.3. The number of sulfonamides is 1. The first-order valence-electron chi connectivity index (χ1n) is 12.3. The maximum absolute atomic E-state index is 13.1. The third kappa shape index (κ3) is 7.01. The Morgan fingerprint density at radius 2 is 1.77 bits per heavy atom. The second-order valence-electron chi connectivity index (χ2n) is 9.89. The van der Waals surface area contributed by atoms with E-state index in [2.05, 4.69) is 5.32 Å². The van der Waals surface area contributed by atoms with Crippen molar-refractivity contribution in [3.05, 3.63) is 54.1 Å². The zero-order valence-corrected chi connectivity index (χ0v) is 23.1. The number of piperidine rings is 1. The fraction of sp³-hybridized carbons (Fsp3) is 0.480. The summed E-state index contributed by atoms with van der Waals surface area (Å²) in [4.78, 5) is 11.9. The number of alkyl halides is 3. The summed E-state index contributed by atoms with van der Waals surface area (Å²) in [5.74, 6) is -0.675. The first kappa shape index (κ1) is 30.4. The van der Waals surface area contributed by atoms with E-state index in [9.17, 15) is 39.9 Å². The summed E-state index contributed by atoms with van der Waals surface area (Å²) in [5.41, 5.74) is -1.69. The van der Waals surface area contributed by atoms with Crippen LogP contribution in [0.4, 0.5) is 13.2 Å². The van der Waals surface area contributed by atoms with Gasteiger partial charge in [0.1, 0.15) is 5.75 Å². The molecule has 10 nitrogen and oxygen atoms in total. The highest BCUT2D eigenvalue weighted by molar-refractivity contribution is 7.90. The number of carbonyl (C=O) groups excluding carboxylic acids is 1. The zero-order valence-electron chi connectivity index (χ0n) is 21.4. The SMILES string of the molecule is CS(=O)(=O)c1cccc(O[C@H](O)C(=O)CN[C@@H]2COC3(CCN(S(=O)(=O)c4cccc(C(F)(F)F)c4)CC3)C2)c1. The number of rotatable bonds is 9. The molecule has 2 N–H and O–H groups in total. The van der Waals surface area contributed by atoms with Gasteiger partial charge in [-0.3, -0.25) is 4.79 Å². The molecule has 1 spiro atoms. The van der Waals surface area contributed by atoms with E-state index in [1.807, 2.05) is 0 Å². The molecule has 4 rings (SSSR count). The molecule has 0 amide bonds. The van der Waals surface area contributed by atoms with Crippen molar-refractivity contribution in [3.8, 4) is 5.75 Å². The number of nitrogens with one attached hydrogen (secondary N) is 1. The Hall–Kier alpha value is -2.56.